The number of carboxylic acid groups (broad SMARTS) is 2. The van der Waals surface area contributed by atoms with Gasteiger partial charge in [-0.05, 0) is 89.2 Å². The van der Waals surface area contributed by atoms with Crippen LogP contribution in [-0.4, -0.2) is 122 Å². The van der Waals surface area contributed by atoms with Gasteiger partial charge in [0.15, 0.2) is 11.5 Å². The molecule has 0 fully saturated rings. The van der Waals surface area contributed by atoms with E-state index in [9.17, 15) is 55.0 Å². The number of pyridine rings is 2. The molecule has 0 bridgehead atoms. The van der Waals surface area contributed by atoms with Crippen LogP contribution in [0.3, 0.4) is 0 Å². The van der Waals surface area contributed by atoms with E-state index in [1.165, 1.54) is 44.6 Å². The van der Waals surface area contributed by atoms with Gasteiger partial charge in [0.2, 0.25) is 20.0 Å². The van der Waals surface area contributed by atoms with E-state index < -0.39 is 62.6 Å². The minimum absolute atomic E-state index is 0.0210. The second-order valence-corrected chi connectivity index (χ2v) is 21.9. The van der Waals surface area contributed by atoms with Gasteiger partial charge < -0.3 is 34.6 Å². The molecule has 0 aliphatic carbocycles. The lowest BCUT2D eigenvalue weighted by Gasteiger charge is -2.24. The van der Waals surface area contributed by atoms with Crippen LogP contribution in [0.25, 0.3) is 21.8 Å². The van der Waals surface area contributed by atoms with Gasteiger partial charge in [-0.2, -0.15) is 0 Å². The predicted molar refractivity (Wildman–Crippen MR) is 272 cm³/mol. The van der Waals surface area contributed by atoms with Crippen molar-refractivity contribution in [2.45, 2.75) is 32.5 Å². The average molecular weight is 1070 g/mol. The number of nitrogens with zero attached hydrogens (tertiary/aromatic N) is 6. The molecular formula is C52H48F2N6O13S2. The van der Waals surface area contributed by atoms with Crippen molar-refractivity contribution in [3.05, 3.63) is 159 Å². The molecule has 2 aliphatic rings. The van der Waals surface area contributed by atoms with E-state index in [0.29, 0.717) is 46.1 Å². The van der Waals surface area contributed by atoms with Crippen molar-refractivity contribution in [3.8, 4) is 17.2 Å². The summed E-state index contributed by atoms with van der Waals surface area (Å²) in [7, 11) is -3.35. The second kappa shape index (κ2) is 20.8. The van der Waals surface area contributed by atoms with Crippen LogP contribution in [-0.2, 0) is 62.2 Å². The van der Waals surface area contributed by atoms with E-state index in [1.54, 1.807) is 74.0 Å². The molecule has 5 aromatic carbocycles. The van der Waals surface area contributed by atoms with Crippen molar-refractivity contribution in [3.63, 3.8) is 0 Å². The van der Waals surface area contributed by atoms with Gasteiger partial charge in [-0.1, -0.05) is 36.4 Å². The molecule has 2 amide bonds. The zero-order chi connectivity index (χ0) is 54.3. The first-order valence-electron chi connectivity index (χ1n) is 22.7. The van der Waals surface area contributed by atoms with Crippen LogP contribution >= 0.6 is 0 Å². The number of anilines is 2. The van der Waals surface area contributed by atoms with E-state index in [1.807, 2.05) is 0 Å². The Morgan fingerprint density at radius 2 is 1.05 bits per heavy atom. The zero-order valence-corrected chi connectivity index (χ0v) is 42.5. The highest BCUT2D eigenvalue weighted by atomic mass is 32.2. The molecule has 23 heteroatoms. The fourth-order valence-electron chi connectivity index (χ4n) is 8.95. The largest absolute Gasteiger partial charge is 0.505 e. The molecule has 7 aromatic rings. The van der Waals surface area contributed by atoms with Crippen LogP contribution in [0.2, 0.25) is 0 Å². The van der Waals surface area contributed by atoms with Gasteiger partial charge in [0, 0.05) is 61.5 Å². The third-order valence-electron chi connectivity index (χ3n) is 12.6. The van der Waals surface area contributed by atoms with Gasteiger partial charge in [0.05, 0.1) is 42.1 Å². The SMILES string of the molecule is CN(c1c2c(c(O)c3ncc(Cc4ccc(F)cc4)cc13)C(=O)N(CC(=O)O)C2)S(C)(=O)=O.COc1ccc(COc2c3c(c(N(C)S(C)(=O)=O)c4cc(Cc5ccc(F)cc5)cnc24)CN(CC(=O)O)C3=O)cc1. The molecule has 0 atom stereocenters. The molecule has 0 radical (unpaired) electrons. The molecule has 3 N–H and O–H groups in total. The number of halogens is 2. The van der Waals surface area contributed by atoms with E-state index in [0.717, 1.165) is 47.6 Å². The molecule has 2 aliphatic heterocycles. The van der Waals surface area contributed by atoms with Crippen LogP contribution in [0.4, 0.5) is 20.2 Å². The summed E-state index contributed by atoms with van der Waals surface area (Å²) < 4.78 is 90.7. The van der Waals surface area contributed by atoms with Crippen molar-refractivity contribution in [1.82, 2.24) is 19.8 Å². The van der Waals surface area contributed by atoms with E-state index in [4.69, 9.17) is 14.6 Å². The maximum absolute atomic E-state index is 13.6. The summed E-state index contributed by atoms with van der Waals surface area (Å²) in [4.78, 5) is 60.3. The first kappa shape index (κ1) is 52.9. The molecule has 0 unspecified atom stereocenters. The summed E-state index contributed by atoms with van der Waals surface area (Å²) in [6.45, 7) is -1.44. The summed E-state index contributed by atoms with van der Waals surface area (Å²) >= 11 is 0. The van der Waals surface area contributed by atoms with Gasteiger partial charge in [0.1, 0.15) is 48.1 Å². The molecule has 19 nitrogen and oxygen atoms in total. The molecule has 0 saturated carbocycles. The summed E-state index contributed by atoms with van der Waals surface area (Å²) in [5.74, 6) is -4.14. The lowest BCUT2D eigenvalue weighted by Crippen LogP contribution is -2.30. The Morgan fingerprint density at radius 3 is 1.49 bits per heavy atom. The summed E-state index contributed by atoms with van der Waals surface area (Å²) in [6, 6.07) is 22.5. The van der Waals surface area contributed by atoms with Crippen molar-refractivity contribution < 1.29 is 69.6 Å². The van der Waals surface area contributed by atoms with Crippen LogP contribution < -0.4 is 18.1 Å². The minimum Gasteiger partial charge on any atom is -0.505 e. The number of carbonyl (C=O) groups excluding carboxylic acids is 2. The highest BCUT2D eigenvalue weighted by molar-refractivity contribution is 7.92. The number of sulfonamides is 2. The standard InChI is InChI=1S/C30H28FN3O7S.C22H20FN3O6S/c1-33(42(3,38)39)28-23-13-20(12-18-4-8-21(31)9-5-18)14-32-27(23)29(41-17-19-6-10-22(40-2)11-7-19)26-24(28)15-34(30(26)37)16-25(35)36;1-25(33(2,31)32)20-15-8-13(7-12-3-5-14(23)6-4-12)9-24-19(15)21(29)18-16(20)10-26(22(18)30)11-17(27)28/h4-11,13-14H,12,15-17H2,1-3H3,(H,35,36);3-6,8-9,29H,7,10-11H2,1-2H3,(H,27,28). The van der Waals surface area contributed by atoms with Crippen LogP contribution in [0, 0.1) is 11.6 Å². The average Bonchev–Trinajstić information content (AvgIpc) is 3.86. The molecule has 9 rings (SSSR count). The Bertz CT molecular complexity index is 3680. The Labute approximate surface area is 428 Å². The minimum atomic E-state index is -3.81. The van der Waals surface area contributed by atoms with Crippen molar-refractivity contribution in [1.29, 1.82) is 0 Å². The Balaban J connectivity index is 0.000000205. The van der Waals surface area contributed by atoms with Gasteiger partial charge in [-0.3, -0.25) is 37.8 Å². The second-order valence-electron chi connectivity index (χ2n) is 17.9. The highest BCUT2D eigenvalue weighted by Crippen LogP contribution is 2.47. The van der Waals surface area contributed by atoms with Crippen molar-refractivity contribution in [2.75, 3.05) is 55.4 Å². The number of phenolic OH excluding ortho intramolecular Hbond substituents is 1. The predicted octanol–water partition coefficient (Wildman–Crippen LogP) is 6.10. The molecule has 2 aromatic heterocycles. The zero-order valence-electron chi connectivity index (χ0n) is 40.9. The molecular weight excluding hydrogens is 1020 g/mol. The van der Waals surface area contributed by atoms with Crippen molar-refractivity contribution >= 4 is 77.0 Å². The van der Waals surface area contributed by atoms with Crippen molar-refractivity contribution in [2.24, 2.45) is 0 Å². The molecule has 75 heavy (non-hydrogen) atoms. The highest BCUT2D eigenvalue weighted by Gasteiger charge is 2.40. The number of carbonyl (C=O) groups is 4. The third-order valence-corrected chi connectivity index (χ3v) is 15.0. The number of amides is 2. The first-order valence-corrected chi connectivity index (χ1v) is 26.4. The number of methoxy groups -OCH3 is 1. The number of hydrogen-bond acceptors (Lipinski definition) is 13. The fraction of sp³-hybridized carbons (Fsp3) is 0.231. The smallest absolute Gasteiger partial charge is 0.323 e. The Kier molecular flexibility index (Phi) is 14.7. The number of aromatic hydroxyl groups is 1. The van der Waals surface area contributed by atoms with Crippen LogP contribution in [0.1, 0.15) is 59.7 Å². The molecule has 0 spiro atoms. The fourth-order valence-corrected chi connectivity index (χ4v) is 10.0. The number of phenols is 1. The topological polar surface area (TPSA) is 254 Å². The summed E-state index contributed by atoms with van der Waals surface area (Å²) in [5.41, 5.74) is 4.85. The maximum atomic E-state index is 13.6. The molecule has 390 valence electrons. The third kappa shape index (κ3) is 11.1. The number of aliphatic carboxylic acids is 2. The van der Waals surface area contributed by atoms with E-state index in [2.05, 4.69) is 9.97 Å². The van der Waals surface area contributed by atoms with Gasteiger partial charge in [-0.25, -0.2) is 25.6 Å². The number of benzene rings is 5. The number of carboxylic acids is 2. The monoisotopic (exact) mass is 1070 g/mol. The molecule has 0 saturated heterocycles. The Morgan fingerprint density at radius 1 is 0.640 bits per heavy atom. The van der Waals surface area contributed by atoms with Crippen LogP contribution in [0.15, 0.2) is 97.3 Å². The van der Waals surface area contributed by atoms with Gasteiger partial charge >= 0.3 is 11.9 Å². The van der Waals surface area contributed by atoms with E-state index in [-0.39, 0.29) is 76.2 Å². The quantitative estimate of drug-likeness (QED) is 0.0989. The number of fused-ring (bicyclic) bond motifs is 4. The normalized spacial score (nSPS) is 13.1. The summed E-state index contributed by atoms with van der Waals surface area (Å²) in [6.07, 6.45) is 5.87. The van der Waals surface area contributed by atoms with E-state index >= 15 is 0 Å². The number of rotatable bonds is 16. The lowest BCUT2D eigenvalue weighted by molar-refractivity contribution is -0.138. The number of aromatic nitrogens is 2. The van der Waals surface area contributed by atoms with Crippen LogP contribution in [0.5, 0.6) is 17.2 Å². The first-order chi connectivity index (χ1) is 35.4. The summed E-state index contributed by atoms with van der Waals surface area (Å²) in [5, 5.41) is 30.1. The maximum Gasteiger partial charge on any atom is 0.323 e. The number of ether oxygens (including phenoxy) is 2. The number of hydrogen-bond donors (Lipinski definition) is 3. The lowest BCUT2D eigenvalue weighted by atomic mass is 9.98. The molecule has 4 heterocycles. The van der Waals surface area contributed by atoms with Gasteiger partial charge in [0.25, 0.3) is 11.8 Å². The van der Waals surface area contributed by atoms with Gasteiger partial charge in [-0.15, -0.1) is 0 Å². The Hall–Kier alpha value is -8.44.